The quantitative estimate of drug-likeness (QED) is 0.636. The van der Waals surface area contributed by atoms with Gasteiger partial charge >= 0.3 is 0 Å². The van der Waals surface area contributed by atoms with Crippen LogP contribution in [0, 0.1) is 11.3 Å². The largest absolute Gasteiger partial charge is 0.412 e. The van der Waals surface area contributed by atoms with Crippen molar-refractivity contribution >= 4 is 0 Å². The number of rotatable bonds is 1. The second kappa shape index (κ2) is 4.19. The maximum Gasteiger partial charge on any atom is 0.00955 e. The zero-order valence-electron chi connectivity index (χ0n) is 9.84. The normalized spacial score (nSPS) is 33.2. The molecule has 1 aliphatic heterocycles. The van der Waals surface area contributed by atoms with Crippen LogP contribution in [-0.2, 0) is 0 Å². The van der Waals surface area contributed by atoms with E-state index in [0.29, 0.717) is 5.41 Å². The molecule has 0 aromatic carbocycles. The van der Waals surface area contributed by atoms with Crippen molar-refractivity contribution in [1.29, 1.82) is 0 Å². The van der Waals surface area contributed by atoms with E-state index in [0.717, 1.165) is 12.0 Å². The summed E-state index contributed by atoms with van der Waals surface area (Å²) in [6.07, 6.45) is 5.80. The summed E-state index contributed by atoms with van der Waals surface area (Å²) in [5.41, 5.74) is 0.549. The van der Waals surface area contributed by atoms with E-state index in [1.54, 1.807) is 0 Å². The summed E-state index contributed by atoms with van der Waals surface area (Å²) in [7, 11) is 0. The smallest absolute Gasteiger partial charge is 0.00955 e. The molecule has 2 aliphatic rings. The highest BCUT2D eigenvalue weighted by Crippen LogP contribution is 2.38. The van der Waals surface area contributed by atoms with E-state index in [2.05, 4.69) is 25.7 Å². The average Bonchev–Trinajstić information content (AvgIpc) is 1.92. The lowest BCUT2D eigenvalue weighted by molar-refractivity contribution is 0.0113. The molecule has 1 heterocycles. The standard InChI is InChI=1S/C12H23N.H2O/c1-10-7-8-13(9-12(10,2)3)11-5-4-6-11;/h10-11H,4-9H2,1-3H3;1H2/t10-;/m1./s1. The van der Waals surface area contributed by atoms with Gasteiger partial charge in [0.15, 0.2) is 0 Å². The Bertz CT molecular complexity index is 187. The number of nitrogens with zero attached hydrogens (tertiary/aromatic N) is 1. The van der Waals surface area contributed by atoms with Crippen molar-refractivity contribution in [2.45, 2.75) is 52.5 Å². The molecule has 84 valence electrons. The summed E-state index contributed by atoms with van der Waals surface area (Å²) >= 11 is 0. The molecule has 2 N–H and O–H groups in total. The number of hydrogen-bond acceptors (Lipinski definition) is 1. The molecule has 0 bridgehead atoms. The Hall–Kier alpha value is -0.0800. The fourth-order valence-corrected chi connectivity index (χ4v) is 2.57. The Kier molecular flexibility index (Phi) is 3.59. The molecule has 0 unspecified atom stereocenters. The molecule has 2 heteroatoms. The second-order valence-corrected chi connectivity index (χ2v) is 5.73. The zero-order chi connectivity index (χ0) is 9.47. The highest BCUT2D eigenvalue weighted by Gasteiger charge is 2.36. The van der Waals surface area contributed by atoms with E-state index in [4.69, 9.17) is 0 Å². The maximum atomic E-state index is 2.74. The molecule has 0 radical (unpaired) electrons. The maximum absolute atomic E-state index is 2.74. The van der Waals surface area contributed by atoms with Gasteiger partial charge in [-0.25, -0.2) is 0 Å². The molecule has 1 atom stereocenters. The van der Waals surface area contributed by atoms with Gasteiger partial charge in [-0.1, -0.05) is 27.2 Å². The Morgan fingerprint density at radius 1 is 1.14 bits per heavy atom. The molecular formula is C12H25NO. The highest BCUT2D eigenvalue weighted by molar-refractivity contribution is 4.90. The predicted molar refractivity (Wildman–Crippen MR) is 60.4 cm³/mol. The first-order chi connectivity index (χ1) is 6.09. The van der Waals surface area contributed by atoms with Gasteiger partial charge < -0.3 is 5.48 Å². The van der Waals surface area contributed by atoms with Crippen LogP contribution < -0.4 is 0 Å². The molecule has 1 saturated carbocycles. The monoisotopic (exact) mass is 199 g/mol. The van der Waals surface area contributed by atoms with Crippen LogP contribution in [0.3, 0.4) is 0 Å². The Balaban J connectivity index is 0.000000980. The minimum Gasteiger partial charge on any atom is -0.412 e. The van der Waals surface area contributed by atoms with Crippen molar-refractivity contribution in [3.05, 3.63) is 0 Å². The van der Waals surface area contributed by atoms with Crippen molar-refractivity contribution < 1.29 is 5.48 Å². The van der Waals surface area contributed by atoms with Crippen molar-refractivity contribution in [2.24, 2.45) is 11.3 Å². The molecule has 14 heavy (non-hydrogen) atoms. The zero-order valence-corrected chi connectivity index (χ0v) is 9.84. The van der Waals surface area contributed by atoms with E-state index < -0.39 is 0 Å². The van der Waals surface area contributed by atoms with Crippen molar-refractivity contribution in [3.8, 4) is 0 Å². The minimum atomic E-state index is 0. The van der Waals surface area contributed by atoms with Crippen LogP contribution in [0.2, 0.25) is 0 Å². The Morgan fingerprint density at radius 2 is 1.79 bits per heavy atom. The summed E-state index contributed by atoms with van der Waals surface area (Å²) in [6.45, 7) is 9.97. The summed E-state index contributed by atoms with van der Waals surface area (Å²) < 4.78 is 0. The van der Waals surface area contributed by atoms with Crippen LogP contribution in [-0.4, -0.2) is 29.5 Å². The highest BCUT2D eigenvalue weighted by atomic mass is 16.0. The molecule has 1 aliphatic carbocycles. The molecule has 2 fully saturated rings. The van der Waals surface area contributed by atoms with Gasteiger partial charge in [-0.05, 0) is 37.1 Å². The summed E-state index contributed by atoms with van der Waals surface area (Å²) in [5.74, 6) is 0.906. The number of likely N-dealkylation sites (tertiary alicyclic amines) is 1. The van der Waals surface area contributed by atoms with Crippen LogP contribution in [0.25, 0.3) is 0 Å². The fraction of sp³-hybridized carbons (Fsp3) is 1.00. The molecule has 0 spiro atoms. The van der Waals surface area contributed by atoms with Gasteiger partial charge in [-0.2, -0.15) is 0 Å². The van der Waals surface area contributed by atoms with Crippen molar-refractivity contribution in [3.63, 3.8) is 0 Å². The molecule has 2 rings (SSSR count). The van der Waals surface area contributed by atoms with Crippen molar-refractivity contribution in [2.75, 3.05) is 13.1 Å². The van der Waals surface area contributed by atoms with E-state index in [1.807, 2.05) is 0 Å². The van der Waals surface area contributed by atoms with Crippen LogP contribution in [0.5, 0.6) is 0 Å². The van der Waals surface area contributed by atoms with Crippen LogP contribution in [0.4, 0.5) is 0 Å². The fourth-order valence-electron chi connectivity index (χ4n) is 2.57. The first kappa shape index (κ1) is 12.0. The first-order valence-electron chi connectivity index (χ1n) is 5.83. The van der Waals surface area contributed by atoms with E-state index in [-0.39, 0.29) is 5.48 Å². The molecule has 0 aromatic heterocycles. The SMILES string of the molecule is C[C@@H]1CCN(C2CCC2)CC1(C)C.O. The molecular weight excluding hydrogens is 174 g/mol. The van der Waals surface area contributed by atoms with Gasteiger partial charge in [-0.3, -0.25) is 4.90 Å². The van der Waals surface area contributed by atoms with Gasteiger partial charge in [0.05, 0.1) is 0 Å². The molecule has 1 saturated heterocycles. The summed E-state index contributed by atoms with van der Waals surface area (Å²) in [5, 5.41) is 0. The molecule has 0 aromatic rings. The van der Waals surface area contributed by atoms with E-state index in [9.17, 15) is 0 Å². The van der Waals surface area contributed by atoms with E-state index >= 15 is 0 Å². The Morgan fingerprint density at radius 3 is 2.21 bits per heavy atom. The van der Waals surface area contributed by atoms with Gasteiger partial charge in [-0.15, -0.1) is 0 Å². The minimum absolute atomic E-state index is 0. The third-order valence-corrected chi connectivity index (χ3v) is 4.39. The molecule has 2 nitrogen and oxygen atoms in total. The van der Waals surface area contributed by atoms with Crippen molar-refractivity contribution in [1.82, 2.24) is 4.90 Å². The second-order valence-electron chi connectivity index (χ2n) is 5.73. The lowest BCUT2D eigenvalue weighted by atomic mass is 9.73. The average molecular weight is 199 g/mol. The van der Waals surface area contributed by atoms with Crippen LogP contribution in [0.15, 0.2) is 0 Å². The predicted octanol–water partition coefficient (Wildman–Crippen LogP) is 2.08. The number of piperidine rings is 1. The van der Waals surface area contributed by atoms with Gasteiger partial charge in [0.2, 0.25) is 0 Å². The topological polar surface area (TPSA) is 34.7 Å². The third kappa shape index (κ3) is 2.12. The Labute approximate surface area is 88.0 Å². The van der Waals surface area contributed by atoms with Crippen LogP contribution in [0.1, 0.15) is 46.5 Å². The van der Waals surface area contributed by atoms with E-state index in [1.165, 1.54) is 38.8 Å². The van der Waals surface area contributed by atoms with Gasteiger partial charge in [0.25, 0.3) is 0 Å². The number of hydrogen-bond donors (Lipinski definition) is 0. The summed E-state index contributed by atoms with van der Waals surface area (Å²) in [6, 6.07) is 0.951. The lowest BCUT2D eigenvalue weighted by Gasteiger charge is -2.48. The van der Waals surface area contributed by atoms with Crippen LogP contribution >= 0.6 is 0 Å². The third-order valence-electron chi connectivity index (χ3n) is 4.39. The van der Waals surface area contributed by atoms with Gasteiger partial charge in [0, 0.05) is 12.6 Å². The summed E-state index contributed by atoms with van der Waals surface area (Å²) in [4.78, 5) is 2.74. The molecule has 0 amide bonds. The first-order valence-corrected chi connectivity index (χ1v) is 5.83. The van der Waals surface area contributed by atoms with Gasteiger partial charge in [0.1, 0.15) is 0 Å². The lowest BCUT2D eigenvalue weighted by Crippen LogP contribution is -2.51.